The van der Waals surface area contributed by atoms with E-state index in [0.717, 1.165) is 24.3 Å². The van der Waals surface area contributed by atoms with Gasteiger partial charge >= 0.3 is 0 Å². The van der Waals surface area contributed by atoms with Gasteiger partial charge in [0.15, 0.2) is 0 Å². The van der Waals surface area contributed by atoms with E-state index < -0.39 is 0 Å². The van der Waals surface area contributed by atoms with Crippen molar-refractivity contribution in [2.24, 2.45) is 5.73 Å². The van der Waals surface area contributed by atoms with E-state index in [9.17, 15) is 0 Å². The highest BCUT2D eigenvalue weighted by Gasteiger charge is 2.15. The Morgan fingerprint density at radius 1 is 1.24 bits per heavy atom. The van der Waals surface area contributed by atoms with Gasteiger partial charge in [0.05, 0.1) is 0 Å². The van der Waals surface area contributed by atoms with Crippen LogP contribution in [0.3, 0.4) is 0 Å². The van der Waals surface area contributed by atoms with Crippen molar-refractivity contribution >= 4 is 11.6 Å². The first-order valence-electron chi connectivity index (χ1n) is 6.44. The van der Waals surface area contributed by atoms with Crippen LogP contribution in [0.4, 0.5) is 0 Å². The molecule has 1 aromatic carbocycles. The first-order chi connectivity index (χ1) is 7.87. The van der Waals surface area contributed by atoms with Gasteiger partial charge in [-0.05, 0) is 56.2 Å². The number of nitrogens with two attached hydrogens (primary N) is 1. The van der Waals surface area contributed by atoms with Crippen molar-refractivity contribution in [3.63, 3.8) is 0 Å². The minimum Gasteiger partial charge on any atom is -0.325 e. The zero-order valence-electron chi connectivity index (χ0n) is 11.4. The summed E-state index contributed by atoms with van der Waals surface area (Å²) in [4.78, 5) is 0. The molecule has 1 nitrogen and oxygen atoms in total. The topological polar surface area (TPSA) is 26.0 Å². The van der Waals surface area contributed by atoms with Gasteiger partial charge in [0.25, 0.3) is 0 Å². The van der Waals surface area contributed by atoms with Gasteiger partial charge in [-0.1, -0.05) is 37.6 Å². The fourth-order valence-electron chi connectivity index (χ4n) is 2.27. The maximum atomic E-state index is 6.37. The van der Waals surface area contributed by atoms with Gasteiger partial charge in [-0.3, -0.25) is 0 Å². The van der Waals surface area contributed by atoms with Gasteiger partial charge in [0, 0.05) is 10.6 Å². The molecule has 0 fully saturated rings. The summed E-state index contributed by atoms with van der Waals surface area (Å²) in [6, 6.07) is 6.40. The molecule has 0 aliphatic rings. The lowest BCUT2D eigenvalue weighted by molar-refractivity contribution is 0.516. The molecule has 0 aromatic heterocycles. The predicted molar refractivity (Wildman–Crippen MR) is 76.7 cm³/mol. The smallest absolute Gasteiger partial charge is 0.0443 e. The minimum absolute atomic E-state index is 0.181. The van der Waals surface area contributed by atoms with Crippen molar-refractivity contribution in [3.05, 3.63) is 34.3 Å². The lowest BCUT2D eigenvalue weighted by atomic mass is 9.90. The van der Waals surface area contributed by atoms with E-state index in [0.29, 0.717) is 5.92 Å². The molecule has 1 rings (SSSR count). The zero-order valence-corrected chi connectivity index (χ0v) is 12.1. The average Bonchev–Trinajstić information content (AvgIpc) is 2.20. The van der Waals surface area contributed by atoms with Crippen LogP contribution < -0.4 is 5.73 Å². The molecule has 0 aliphatic heterocycles. The van der Waals surface area contributed by atoms with Crippen molar-refractivity contribution in [2.75, 3.05) is 0 Å². The number of halogens is 1. The molecule has 2 N–H and O–H groups in total. The van der Waals surface area contributed by atoms with Crippen LogP contribution in [-0.4, -0.2) is 5.54 Å². The van der Waals surface area contributed by atoms with Crippen LogP contribution >= 0.6 is 11.6 Å². The Morgan fingerprint density at radius 2 is 1.82 bits per heavy atom. The van der Waals surface area contributed by atoms with Gasteiger partial charge in [0.2, 0.25) is 0 Å². The van der Waals surface area contributed by atoms with E-state index in [2.05, 4.69) is 32.0 Å². The Kier molecular flexibility index (Phi) is 5.03. The molecule has 0 radical (unpaired) electrons. The van der Waals surface area contributed by atoms with Gasteiger partial charge in [-0.15, -0.1) is 0 Å². The standard InChI is InChI=1S/C15H24ClN/c1-5-12(6-2)13-8-7-11(9-14(13)16)10-15(3,4)17/h7-9,12H,5-6,10,17H2,1-4H3. The van der Waals surface area contributed by atoms with Gasteiger partial charge in [0.1, 0.15) is 0 Å². The summed E-state index contributed by atoms with van der Waals surface area (Å²) >= 11 is 6.37. The van der Waals surface area contributed by atoms with Crippen LogP contribution in [0.2, 0.25) is 5.02 Å². The fourth-order valence-corrected chi connectivity index (χ4v) is 2.62. The monoisotopic (exact) mass is 253 g/mol. The summed E-state index contributed by atoms with van der Waals surface area (Å²) in [5.41, 5.74) is 8.34. The maximum Gasteiger partial charge on any atom is 0.0443 e. The average molecular weight is 254 g/mol. The molecule has 2 heteroatoms. The fraction of sp³-hybridized carbons (Fsp3) is 0.600. The number of hydrogen-bond acceptors (Lipinski definition) is 1. The Hall–Kier alpha value is -0.530. The van der Waals surface area contributed by atoms with Crippen molar-refractivity contribution in [2.45, 2.75) is 58.4 Å². The lowest BCUT2D eigenvalue weighted by Gasteiger charge is -2.20. The maximum absolute atomic E-state index is 6.37. The Labute approximate surface area is 110 Å². The Balaban J connectivity index is 2.93. The summed E-state index contributed by atoms with van der Waals surface area (Å²) in [6.07, 6.45) is 3.13. The van der Waals surface area contributed by atoms with Crippen molar-refractivity contribution in [3.8, 4) is 0 Å². The Morgan fingerprint density at radius 3 is 2.24 bits per heavy atom. The van der Waals surface area contributed by atoms with Crippen molar-refractivity contribution in [1.29, 1.82) is 0 Å². The molecule has 0 atom stereocenters. The molecule has 0 amide bonds. The molecule has 0 saturated carbocycles. The van der Waals surface area contributed by atoms with E-state index in [-0.39, 0.29) is 5.54 Å². The molecular formula is C15H24ClN. The summed E-state index contributed by atoms with van der Waals surface area (Å²) < 4.78 is 0. The van der Waals surface area contributed by atoms with Gasteiger partial charge in [-0.25, -0.2) is 0 Å². The molecule has 0 spiro atoms. The second kappa shape index (κ2) is 5.88. The van der Waals surface area contributed by atoms with Gasteiger partial charge < -0.3 is 5.73 Å². The van der Waals surface area contributed by atoms with Crippen LogP contribution in [0.1, 0.15) is 57.6 Å². The summed E-state index contributed by atoms with van der Waals surface area (Å²) in [5, 5.41) is 0.889. The van der Waals surface area contributed by atoms with Crippen LogP contribution in [0, 0.1) is 0 Å². The molecule has 0 bridgehead atoms. The highest BCUT2D eigenvalue weighted by Crippen LogP contribution is 2.30. The molecular weight excluding hydrogens is 230 g/mol. The highest BCUT2D eigenvalue weighted by molar-refractivity contribution is 6.31. The van der Waals surface area contributed by atoms with Crippen molar-refractivity contribution in [1.82, 2.24) is 0 Å². The third-order valence-electron chi connectivity index (χ3n) is 3.15. The second-order valence-electron chi connectivity index (χ2n) is 5.53. The van der Waals surface area contributed by atoms with Crippen LogP contribution in [-0.2, 0) is 6.42 Å². The largest absolute Gasteiger partial charge is 0.325 e. The molecule has 96 valence electrons. The van der Waals surface area contributed by atoms with Crippen molar-refractivity contribution < 1.29 is 0 Å². The quantitative estimate of drug-likeness (QED) is 0.820. The first-order valence-corrected chi connectivity index (χ1v) is 6.82. The summed E-state index contributed by atoms with van der Waals surface area (Å²) in [7, 11) is 0. The van der Waals surface area contributed by atoms with E-state index in [1.807, 2.05) is 13.8 Å². The zero-order chi connectivity index (χ0) is 13.1. The molecule has 0 unspecified atom stereocenters. The molecule has 0 saturated heterocycles. The minimum atomic E-state index is -0.181. The third kappa shape index (κ3) is 4.33. The van der Waals surface area contributed by atoms with Crippen LogP contribution in [0.15, 0.2) is 18.2 Å². The highest BCUT2D eigenvalue weighted by atomic mass is 35.5. The number of hydrogen-bond donors (Lipinski definition) is 1. The molecule has 0 heterocycles. The van der Waals surface area contributed by atoms with E-state index >= 15 is 0 Å². The lowest BCUT2D eigenvalue weighted by Crippen LogP contribution is -2.34. The molecule has 1 aromatic rings. The van der Waals surface area contributed by atoms with Crippen LogP contribution in [0.5, 0.6) is 0 Å². The van der Waals surface area contributed by atoms with E-state index in [4.69, 9.17) is 17.3 Å². The third-order valence-corrected chi connectivity index (χ3v) is 3.48. The molecule has 0 aliphatic carbocycles. The van der Waals surface area contributed by atoms with Crippen LogP contribution in [0.25, 0.3) is 0 Å². The Bertz CT molecular complexity index is 362. The molecule has 17 heavy (non-hydrogen) atoms. The second-order valence-corrected chi connectivity index (χ2v) is 5.94. The normalized spacial score (nSPS) is 12.2. The first kappa shape index (κ1) is 14.5. The number of benzene rings is 1. The summed E-state index contributed by atoms with van der Waals surface area (Å²) in [5.74, 6) is 0.572. The van der Waals surface area contributed by atoms with E-state index in [1.165, 1.54) is 11.1 Å². The number of rotatable bonds is 5. The van der Waals surface area contributed by atoms with Gasteiger partial charge in [-0.2, -0.15) is 0 Å². The summed E-state index contributed by atoms with van der Waals surface area (Å²) in [6.45, 7) is 8.49. The SMILES string of the molecule is CCC(CC)c1ccc(CC(C)(C)N)cc1Cl. The van der Waals surface area contributed by atoms with E-state index in [1.54, 1.807) is 0 Å². The predicted octanol–water partition coefficient (Wildman–Crippen LogP) is 4.52.